The molecule has 0 bridgehead atoms. The summed E-state index contributed by atoms with van der Waals surface area (Å²) in [6.07, 6.45) is 0.912. The average molecular weight is 348 g/mol. The van der Waals surface area contributed by atoms with Gasteiger partial charge in [0.25, 0.3) is 5.91 Å². The van der Waals surface area contributed by atoms with Gasteiger partial charge in [0.2, 0.25) is 5.91 Å². The van der Waals surface area contributed by atoms with Crippen LogP contribution in [0.25, 0.3) is 0 Å². The summed E-state index contributed by atoms with van der Waals surface area (Å²) in [7, 11) is 0. The maximum atomic E-state index is 12.7. The molecular formula is C17H20N2O4S. The van der Waals surface area contributed by atoms with Crippen molar-refractivity contribution in [2.45, 2.75) is 38.8 Å². The fourth-order valence-corrected chi connectivity index (χ4v) is 3.97. The molecule has 0 unspecified atom stereocenters. The number of likely N-dealkylation sites (tertiary alicyclic amines) is 1. The van der Waals surface area contributed by atoms with E-state index in [0.29, 0.717) is 43.6 Å². The number of hydrogen-bond donors (Lipinski definition) is 1. The summed E-state index contributed by atoms with van der Waals surface area (Å²) in [6, 6.07) is 3.88. The predicted octanol–water partition coefficient (Wildman–Crippen LogP) is 1.62. The van der Waals surface area contributed by atoms with Crippen molar-refractivity contribution in [2.24, 2.45) is 0 Å². The molecule has 2 aliphatic heterocycles. The SMILES string of the molecule is CC(=O)N1CCC2(CC1)OC(=O)C(C)=C2C(=O)NCc1cccs1. The summed E-state index contributed by atoms with van der Waals surface area (Å²) >= 11 is 1.57. The van der Waals surface area contributed by atoms with Gasteiger partial charge in [-0.3, -0.25) is 9.59 Å². The van der Waals surface area contributed by atoms with E-state index in [9.17, 15) is 14.4 Å². The number of hydrogen-bond acceptors (Lipinski definition) is 5. The number of ether oxygens (including phenoxy) is 1. The Hall–Kier alpha value is -2.15. The molecule has 1 aromatic rings. The van der Waals surface area contributed by atoms with Crippen LogP contribution < -0.4 is 5.32 Å². The highest BCUT2D eigenvalue weighted by Crippen LogP contribution is 2.41. The third-order valence-corrected chi connectivity index (χ3v) is 5.55. The highest BCUT2D eigenvalue weighted by atomic mass is 32.1. The molecular weight excluding hydrogens is 328 g/mol. The van der Waals surface area contributed by atoms with Crippen LogP contribution >= 0.6 is 11.3 Å². The third-order valence-electron chi connectivity index (χ3n) is 4.67. The van der Waals surface area contributed by atoms with E-state index in [0.717, 1.165) is 4.88 Å². The van der Waals surface area contributed by atoms with Gasteiger partial charge in [0, 0.05) is 43.3 Å². The highest BCUT2D eigenvalue weighted by Gasteiger charge is 2.50. The number of amides is 2. The lowest BCUT2D eigenvalue weighted by molar-refractivity contribution is -0.152. The second-order valence-electron chi connectivity index (χ2n) is 6.15. The lowest BCUT2D eigenvalue weighted by atomic mass is 9.82. The van der Waals surface area contributed by atoms with Gasteiger partial charge in [-0.1, -0.05) is 6.07 Å². The predicted molar refractivity (Wildman–Crippen MR) is 89.2 cm³/mol. The fourth-order valence-electron chi connectivity index (χ4n) is 3.33. The topological polar surface area (TPSA) is 75.7 Å². The number of nitrogens with one attached hydrogen (secondary N) is 1. The van der Waals surface area contributed by atoms with E-state index >= 15 is 0 Å². The van der Waals surface area contributed by atoms with Crippen molar-refractivity contribution in [3.63, 3.8) is 0 Å². The van der Waals surface area contributed by atoms with Gasteiger partial charge in [-0.25, -0.2) is 4.79 Å². The molecule has 2 aliphatic rings. The van der Waals surface area contributed by atoms with Gasteiger partial charge in [0.1, 0.15) is 5.60 Å². The van der Waals surface area contributed by atoms with Crippen LogP contribution in [0.5, 0.6) is 0 Å². The van der Waals surface area contributed by atoms with E-state index in [4.69, 9.17) is 4.74 Å². The van der Waals surface area contributed by atoms with Crippen molar-refractivity contribution < 1.29 is 19.1 Å². The number of esters is 1. The van der Waals surface area contributed by atoms with Crippen molar-refractivity contribution in [3.05, 3.63) is 33.5 Å². The fraction of sp³-hybridized carbons (Fsp3) is 0.471. The molecule has 1 N–H and O–H groups in total. The minimum absolute atomic E-state index is 0.00132. The van der Waals surface area contributed by atoms with E-state index < -0.39 is 11.6 Å². The van der Waals surface area contributed by atoms with Gasteiger partial charge < -0.3 is 15.0 Å². The smallest absolute Gasteiger partial charge is 0.335 e. The normalized spacial score (nSPS) is 19.6. The molecule has 6 nitrogen and oxygen atoms in total. The molecule has 24 heavy (non-hydrogen) atoms. The molecule has 3 heterocycles. The van der Waals surface area contributed by atoms with Crippen molar-refractivity contribution in [2.75, 3.05) is 13.1 Å². The first-order chi connectivity index (χ1) is 11.4. The Morgan fingerprint density at radius 3 is 2.67 bits per heavy atom. The lowest BCUT2D eigenvalue weighted by Crippen LogP contribution is -2.49. The van der Waals surface area contributed by atoms with Gasteiger partial charge in [0.15, 0.2) is 0 Å². The number of nitrogens with zero attached hydrogens (tertiary/aromatic N) is 1. The van der Waals surface area contributed by atoms with Gasteiger partial charge in [-0.2, -0.15) is 0 Å². The molecule has 1 spiro atoms. The Morgan fingerprint density at radius 2 is 2.08 bits per heavy atom. The Labute approximate surface area is 144 Å². The van der Waals surface area contributed by atoms with Crippen LogP contribution in [-0.2, 0) is 25.7 Å². The summed E-state index contributed by atoms with van der Waals surface area (Å²) in [5, 5.41) is 4.84. The van der Waals surface area contributed by atoms with Crippen LogP contribution in [0.15, 0.2) is 28.7 Å². The van der Waals surface area contributed by atoms with Crippen molar-refractivity contribution in [3.8, 4) is 0 Å². The van der Waals surface area contributed by atoms with Gasteiger partial charge in [-0.15, -0.1) is 11.3 Å². The number of carbonyl (C=O) groups excluding carboxylic acids is 3. The number of carbonyl (C=O) groups is 3. The monoisotopic (exact) mass is 348 g/mol. The van der Waals surface area contributed by atoms with E-state index in [1.54, 1.807) is 23.2 Å². The zero-order chi connectivity index (χ0) is 17.3. The molecule has 0 aliphatic carbocycles. The summed E-state index contributed by atoms with van der Waals surface area (Å²) < 4.78 is 5.59. The maximum absolute atomic E-state index is 12.7. The number of rotatable bonds is 3. The zero-order valence-corrected chi connectivity index (χ0v) is 14.6. The summed E-state index contributed by atoms with van der Waals surface area (Å²) in [5.41, 5.74) is -0.102. The Kier molecular flexibility index (Phi) is 4.45. The molecule has 7 heteroatoms. The van der Waals surface area contributed by atoms with Crippen LogP contribution in [0.2, 0.25) is 0 Å². The Bertz CT molecular complexity index is 700. The molecule has 0 aromatic carbocycles. The quantitative estimate of drug-likeness (QED) is 0.842. The lowest BCUT2D eigenvalue weighted by Gasteiger charge is -2.39. The first-order valence-corrected chi connectivity index (χ1v) is 8.82. The summed E-state index contributed by atoms with van der Waals surface area (Å²) in [6.45, 7) is 4.55. The van der Waals surface area contributed by atoms with E-state index in [2.05, 4.69) is 5.32 Å². The van der Waals surface area contributed by atoms with Crippen LogP contribution in [0, 0.1) is 0 Å². The van der Waals surface area contributed by atoms with Crippen LogP contribution in [0.4, 0.5) is 0 Å². The molecule has 0 saturated carbocycles. The second kappa shape index (κ2) is 6.39. The third kappa shape index (κ3) is 2.96. The molecule has 0 atom stereocenters. The van der Waals surface area contributed by atoms with Gasteiger partial charge in [-0.05, 0) is 18.4 Å². The largest absolute Gasteiger partial charge is 0.450 e. The zero-order valence-electron chi connectivity index (χ0n) is 13.8. The number of piperidine rings is 1. The average Bonchev–Trinajstić information content (AvgIpc) is 3.13. The van der Waals surface area contributed by atoms with Crippen molar-refractivity contribution in [1.82, 2.24) is 10.2 Å². The second-order valence-corrected chi connectivity index (χ2v) is 7.18. The van der Waals surface area contributed by atoms with Gasteiger partial charge in [0.05, 0.1) is 12.1 Å². The van der Waals surface area contributed by atoms with Crippen LogP contribution in [0.1, 0.15) is 31.6 Å². The summed E-state index contributed by atoms with van der Waals surface area (Å²) in [5.74, 6) is -0.700. The van der Waals surface area contributed by atoms with Crippen LogP contribution in [-0.4, -0.2) is 41.4 Å². The first-order valence-electron chi connectivity index (χ1n) is 7.94. The Balaban J connectivity index is 1.77. The highest BCUT2D eigenvalue weighted by molar-refractivity contribution is 7.09. The molecule has 1 aromatic heterocycles. The minimum Gasteiger partial charge on any atom is -0.450 e. The molecule has 0 radical (unpaired) electrons. The summed E-state index contributed by atoms with van der Waals surface area (Å²) in [4.78, 5) is 39.1. The minimum atomic E-state index is -0.896. The molecule has 1 saturated heterocycles. The molecule has 1 fully saturated rings. The van der Waals surface area contributed by atoms with E-state index in [-0.39, 0.29) is 11.8 Å². The van der Waals surface area contributed by atoms with E-state index in [1.165, 1.54) is 6.92 Å². The Morgan fingerprint density at radius 1 is 1.38 bits per heavy atom. The maximum Gasteiger partial charge on any atom is 0.335 e. The first kappa shape index (κ1) is 16.7. The van der Waals surface area contributed by atoms with Crippen molar-refractivity contribution in [1.29, 1.82) is 0 Å². The van der Waals surface area contributed by atoms with Crippen molar-refractivity contribution >= 4 is 29.1 Å². The van der Waals surface area contributed by atoms with E-state index in [1.807, 2.05) is 17.5 Å². The standard InChI is InChI=1S/C17H20N2O4S/c1-11-14(15(21)18-10-13-4-3-9-24-13)17(23-16(11)22)5-7-19(8-6-17)12(2)20/h3-4,9H,5-8,10H2,1-2H3,(H,18,21). The van der Waals surface area contributed by atoms with Gasteiger partial charge >= 0.3 is 5.97 Å². The number of thiophene rings is 1. The van der Waals surface area contributed by atoms with Crippen LogP contribution in [0.3, 0.4) is 0 Å². The molecule has 128 valence electrons. The molecule has 2 amide bonds. The molecule has 3 rings (SSSR count).